The van der Waals surface area contributed by atoms with Crippen LogP contribution in [0.2, 0.25) is 0 Å². The lowest BCUT2D eigenvalue weighted by Crippen LogP contribution is -2.61. The predicted molar refractivity (Wildman–Crippen MR) is 347 cm³/mol. The van der Waals surface area contributed by atoms with Crippen LogP contribution in [0.15, 0.2) is 146 Å². The second kappa shape index (κ2) is 57.9. The Morgan fingerprint density at radius 3 is 1.30 bits per heavy atom. The Morgan fingerprint density at radius 2 is 0.867 bits per heavy atom. The Hall–Kier alpha value is -4.46. The van der Waals surface area contributed by atoms with Crippen molar-refractivity contribution in [2.45, 2.75) is 282 Å². The molecule has 1 heterocycles. The molecule has 1 amide bonds. The van der Waals surface area contributed by atoms with Crippen molar-refractivity contribution in [3.63, 3.8) is 0 Å². The molecule has 0 spiro atoms. The molecule has 0 aliphatic carbocycles. The van der Waals surface area contributed by atoms with Gasteiger partial charge in [0.2, 0.25) is 5.91 Å². The first-order chi connectivity index (χ1) is 40.7. The molecule has 83 heavy (non-hydrogen) atoms. The SMILES string of the molecule is CC/C=C\C/C=C\C/C=C\C/C=C\C/C=C\C/C=C\CCCCCCC(=O)OC1C(OCC(NC(=O)C(O)CCCCCC/C=C\C/C=C\C/C=C\C/C=C\C/C=C\CC)C(O)/C=C/CCCCCCCCCCC)OC(CO)C(O)C1O. The monoisotopic (exact) mass is 1160 g/mol. The highest BCUT2D eigenvalue weighted by Gasteiger charge is 2.47. The fourth-order valence-electron chi connectivity index (χ4n) is 9.15. The second-order valence-corrected chi connectivity index (χ2v) is 21.7. The molecule has 1 aliphatic rings. The van der Waals surface area contributed by atoms with Crippen LogP contribution in [-0.4, -0.2) is 99.6 Å². The minimum Gasteiger partial charge on any atom is -0.454 e. The lowest BCUT2D eigenvalue weighted by molar-refractivity contribution is -0.305. The number of unbranched alkanes of at least 4 members (excludes halogenated alkanes) is 17. The summed E-state index contributed by atoms with van der Waals surface area (Å²) in [5.74, 6) is -1.25. The average molecular weight is 1160 g/mol. The van der Waals surface area contributed by atoms with Gasteiger partial charge in [-0.3, -0.25) is 9.59 Å². The molecule has 1 fully saturated rings. The number of nitrogens with one attached hydrogen (secondary N) is 1. The molecule has 470 valence electrons. The van der Waals surface area contributed by atoms with Gasteiger partial charge in [0.25, 0.3) is 0 Å². The Balaban J connectivity index is 2.67. The highest BCUT2D eigenvalue weighted by atomic mass is 16.7. The zero-order chi connectivity index (χ0) is 60.3. The van der Waals surface area contributed by atoms with E-state index in [-0.39, 0.29) is 19.4 Å². The van der Waals surface area contributed by atoms with Crippen molar-refractivity contribution in [3.8, 4) is 0 Å². The third-order valence-corrected chi connectivity index (χ3v) is 14.2. The summed E-state index contributed by atoms with van der Waals surface area (Å²) in [5.41, 5.74) is 0. The first-order valence-electron chi connectivity index (χ1n) is 32.6. The highest BCUT2D eigenvalue weighted by Crippen LogP contribution is 2.26. The van der Waals surface area contributed by atoms with Gasteiger partial charge in [0, 0.05) is 6.42 Å². The summed E-state index contributed by atoms with van der Waals surface area (Å²) < 4.78 is 17.6. The van der Waals surface area contributed by atoms with Crippen LogP contribution in [0.3, 0.4) is 0 Å². The van der Waals surface area contributed by atoms with Crippen LogP contribution in [0.4, 0.5) is 0 Å². The maximum atomic E-state index is 13.4. The molecule has 0 aromatic heterocycles. The Morgan fingerprint density at radius 1 is 0.482 bits per heavy atom. The van der Waals surface area contributed by atoms with Crippen molar-refractivity contribution >= 4 is 11.9 Å². The number of allylic oxidation sites excluding steroid dienone is 23. The lowest BCUT2D eigenvalue weighted by atomic mass is 9.99. The van der Waals surface area contributed by atoms with Gasteiger partial charge in [0.05, 0.1) is 25.4 Å². The van der Waals surface area contributed by atoms with Gasteiger partial charge in [-0.2, -0.15) is 0 Å². The van der Waals surface area contributed by atoms with E-state index in [4.69, 9.17) is 14.2 Å². The van der Waals surface area contributed by atoms with Crippen LogP contribution in [0.25, 0.3) is 0 Å². The van der Waals surface area contributed by atoms with Crippen LogP contribution in [0, 0.1) is 0 Å². The number of aliphatic hydroxyl groups is 5. The van der Waals surface area contributed by atoms with Crippen molar-refractivity contribution in [2.24, 2.45) is 0 Å². The number of esters is 1. The zero-order valence-corrected chi connectivity index (χ0v) is 52.0. The first kappa shape index (κ1) is 76.6. The van der Waals surface area contributed by atoms with Crippen molar-refractivity contribution in [1.82, 2.24) is 5.32 Å². The molecular weight excluding hydrogens is 1040 g/mol. The minimum absolute atomic E-state index is 0.0821. The molecule has 0 bridgehead atoms. The summed E-state index contributed by atoms with van der Waals surface area (Å²) >= 11 is 0. The largest absolute Gasteiger partial charge is 0.454 e. The lowest BCUT2D eigenvalue weighted by Gasteiger charge is -2.41. The number of hydrogen-bond donors (Lipinski definition) is 6. The van der Waals surface area contributed by atoms with Crippen LogP contribution < -0.4 is 5.32 Å². The van der Waals surface area contributed by atoms with Crippen molar-refractivity contribution in [1.29, 1.82) is 0 Å². The summed E-state index contributed by atoms with van der Waals surface area (Å²) in [5, 5.41) is 57.0. The highest BCUT2D eigenvalue weighted by molar-refractivity contribution is 5.80. The maximum Gasteiger partial charge on any atom is 0.306 e. The van der Waals surface area contributed by atoms with E-state index in [1.807, 2.05) is 6.08 Å². The van der Waals surface area contributed by atoms with E-state index >= 15 is 0 Å². The fourth-order valence-corrected chi connectivity index (χ4v) is 9.15. The summed E-state index contributed by atoms with van der Waals surface area (Å²) in [7, 11) is 0. The van der Waals surface area contributed by atoms with E-state index in [0.717, 1.165) is 148 Å². The molecule has 0 aromatic rings. The zero-order valence-electron chi connectivity index (χ0n) is 52.0. The van der Waals surface area contributed by atoms with Gasteiger partial charge in [0.1, 0.15) is 24.4 Å². The number of aliphatic hydroxyl groups excluding tert-OH is 5. The quantitative estimate of drug-likeness (QED) is 0.0195. The average Bonchev–Trinajstić information content (AvgIpc) is 3.68. The van der Waals surface area contributed by atoms with E-state index in [1.165, 1.54) is 38.5 Å². The van der Waals surface area contributed by atoms with Crippen molar-refractivity contribution < 1.29 is 49.3 Å². The molecule has 11 nitrogen and oxygen atoms in total. The van der Waals surface area contributed by atoms with E-state index in [0.29, 0.717) is 12.8 Å². The van der Waals surface area contributed by atoms with Gasteiger partial charge in [-0.1, -0.05) is 250 Å². The molecule has 0 radical (unpaired) electrons. The number of carbonyl (C=O) groups is 2. The Labute approximate surface area is 505 Å². The van der Waals surface area contributed by atoms with Gasteiger partial charge in [-0.15, -0.1) is 0 Å². The summed E-state index contributed by atoms with van der Waals surface area (Å²) in [6, 6.07) is -1.05. The van der Waals surface area contributed by atoms with E-state index in [2.05, 4.69) is 160 Å². The standard InChI is InChI=1S/C72H117NO10/c1-4-7-10-13-16-19-22-24-26-28-30-32-33-34-36-38-40-42-45-48-51-54-57-60-67(77)83-70-69(79)68(78)66(61-74)82-72(70)81-62-63(64(75)58-55-52-49-46-43-21-18-15-12-9-6-3)73-71(80)65(76)59-56-53-50-47-44-41-39-37-35-31-29-27-25-23-20-17-14-11-8-5-2/h7-8,10-11,16-17,19-20,24-27,30-32,34-36,39-42,55,58,63-66,68-70,72,74-76,78-79H,4-6,9,12-15,18,21-23,28-29,33,37-38,43-54,56-57,59-62H2,1-3H3,(H,73,80)/b10-7-,11-8-,19-16-,20-17-,26-24-,27-25-,32-30-,35-31-,36-34-,41-39-,42-40-,58-55+. The fraction of sp³-hybridized carbons (Fsp3) is 0.639. The van der Waals surface area contributed by atoms with Crippen molar-refractivity contribution in [2.75, 3.05) is 13.2 Å². The van der Waals surface area contributed by atoms with Crippen molar-refractivity contribution in [3.05, 3.63) is 146 Å². The van der Waals surface area contributed by atoms with E-state index < -0.39 is 67.4 Å². The third kappa shape index (κ3) is 45.6. The third-order valence-electron chi connectivity index (χ3n) is 14.2. The molecule has 8 atom stereocenters. The number of carbonyl (C=O) groups excluding carboxylic acids is 2. The van der Waals surface area contributed by atoms with E-state index in [1.54, 1.807) is 6.08 Å². The minimum atomic E-state index is -1.64. The normalized spacial score (nSPS) is 19.5. The summed E-state index contributed by atoms with van der Waals surface area (Å²) in [4.78, 5) is 26.6. The molecule has 1 saturated heterocycles. The molecule has 6 N–H and O–H groups in total. The second-order valence-electron chi connectivity index (χ2n) is 21.7. The molecule has 0 saturated carbocycles. The Kier molecular flexibility index (Phi) is 53.4. The number of amides is 1. The summed E-state index contributed by atoms with van der Waals surface area (Å²) in [6.45, 7) is 5.52. The molecular formula is C72H117NO10. The van der Waals surface area contributed by atoms with Crippen LogP contribution in [0.5, 0.6) is 0 Å². The molecule has 0 aromatic carbocycles. The van der Waals surface area contributed by atoms with Gasteiger partial charge in [-0.05, 0) is 122 Å². The molecule has 1 aliphatic heterocycles. The van der Waals surface area contributed by atoms with Gasteiger partial charge < -0.3 is 45.1 Å². The number of hydrogen-bond acceptors (Lipinski definition) is 10. The number of ether oxygens (including phenoxy) is 3. The van der Waals surface area contributed by atoms with Gasteiger partial charge >= 0.3 is 5.97 Å². The Bertz CT molecular complexity index is 1910. The molecule has 8 unspecified atom stereocenters. The topological polar surface area (TPSA) is 175 Å². The molecule has 11 heteroatoms. The first-order valence-corrected chi connectivity index (χ1v) is 32.6. The van der Waals surface area contributed by atoms with Crippen LogP contribution in [-0.2, 0) is 23.8 Å². The maximum absolute atomic E-state index is 13.4. The number of rotatable bonds is 53. The predicted octanol–water partition coefficient (Wildman–Crippen LogP) is 16.2. The van der Waals surface area contributed by atoms with Gasteiger partial charge in [-0.25, -0.2) is 0 Å². The van der Waals surface area contributed by atoms with Crippen LogP contribution >= 0.6 is 0 Å². The van der Waals surface area contributed by atoms with Crippen LogP contribution in [0.1, 0.15) is 233 Å². The van der Waals surface area contributed by atoms with E-state index in [9.17, 15) is 35.1 Å². The smallest absolute Gasteiger partial charge is 0.306 e. The summed E-state index contributed by atoms with van der Waals surface area (Å²) in [6.07, 6.45) is 73.0. The molecule has 1 rings (SSSR count). The van der Waals surface area contributed by atoms with Gasteiger partial charge in [0.15, 0.2) is 12.4 Å².